The molecule has 1 fully saturated rings. The van der Waals surface area contributed by atoms with E-state index in [1.54, 1.807) is 5.38 Å². The van der Waals surface area contributed by atoms with Gasteiger partial charge in [-0.05, 0) is 31.0 Å². The first-order chi connectivity index (χ1) is 9.58. The minimum absolute atomic E-state index is 0.201. The van der Waals surface area contributed by atoms with Crippen molar-refractivity contribution in [2.45, 2.75) is 37.6 Å². The standard InChI is InChI=1S/C15H16F2N2S/c16-10-4-5-12(17)11(8-10)13-9-20-14(19-13)15(18)6-2-1-3-7-15/h4-5,8-9H,1-3,6-7,18H2. The molecule has 0 bridgehead atoms. The minimum atomic E-state index is -0.462. The molecule has 1 aliphatic rings. The van der Waals surface area contributed by atoms with Crippen LogP contribution >= 0.6 is 11.3 Å². The van der Waals surface area contributed by atoms with Crippen molar-refractivity contribution in [3.63, 3.8) is 0 Å². The van der Waals surface area contributed by atoms with E-state index >= 15 is 0 Å². The van der Waals surface area contributed by atoms with Crippen molar-refractivity contribution < 1.29 is 8.78 Å². The molecular weight excluding hydrogens is 278 g/mol. The molecule has 1 saturated carbocycles. The van der Waals surface area contributed by atoms with Crippen LogP contribution in [0.2, 0.25) is 0 Å². The Morgan fingerprint density at radius 3 is 2.65 bits per heavy atom. The lowest BCUT2D eigenvalue weighted by molar-refractivity contribution is 0.301. The summed E-state index contributed by atoms with van der Waals surface area (Å²) in [5.74, 6) is -0.922. The molecule has 1 aliphatic carbocycles. The van der Waals surface area contributed by atoms with Gasteiger partial charge < -0.3 is 5.73 Å². The molecule has 0 amide bonds. The summed E-state index contributed by atoms with van der Waals surface area (Å²) in [4.78, 5) is 4.46. The second-order valence-corrected chi connectivity index (χ2v) is 6.24. The molecule has 0 radical (unpaired) electrons. The van der Waals surface area contributed by atoms with Gasteiger partial charge in [0.25, 0.3) is 0 Å². The second-order valence-electron chi connectivity index (χ2n) is 5.38. The molecule has 2 N–H and O–H groups in total. The van der Waals surface area contributed by atoms with Crippen molar-refractivity contribution in [2.24, 2.45) is 5.73 Å². The van der Waals surface area contributed by atoms with E-state index in [9.17, 15) is 8.78 Å². The van der Waals surface area contributed by atoms with Gasteiger partial charge in [0.2, 0.25) is 0 Å². The molecule has 20 heavy (non-hydrogen) atoms. The summed E-state index contributed by atoms with van der Waals surface area (Å²) in [7, 11) is 0. The highest BCUT2D eigenvalue weighted by molar-refractivity contribution is 7.10. The maximum absolute atomic E-state index is 13.8. The van der Waals surface area contributed by atoms with Crippen molar-refractivity contribution in [3.05, 3.63) is 40.2 Å². The van der Waals surface area contributed by atoms with Crippen LogP contribution in [0.3, 0.4) is 0 Å². The number of benzene rings is 1. The van der Waals surface area contributed by atoms with Gasteiger partial charge in [-0.1, -0.05) is 19.3 Å². The first-order valence-electron chi connectivity index (χ1n) is 6.79. The third kappa shape index (κ3) is 2.47. The number of hydrogen-bond acceptors (Lipinski definition) is 3. The maximum atomic E-state index is 13.8. The van der Waals surface area contributed by atoms with Gasteiger partial charge in [0.15, 0.2) is 0 Å². The highest BCUT2D eigenvalue weighted by Gasteiger charge is 2.32. The molecule has 0 saturated heterocycles. The van der Waals surface area contributed by atoms with Crippen LogP contribution in [0.25, 0.3) is 11.3 Å². The van der Waals surface area contributed by atoms with Crippen LogP contribution in [-0.4, -0.2) is 4.98 Å². The topological polar surface area (TPSA) is 38.9 Å². The Hall–Kier alpha value is -1.33. The fourth-order valence-electron chi connectivity index (χ4n) is 2.72. The van der Waals surface area contributed by atoms with Crippen LogP contribution in [0.4, 0.5) is 8.78 Å². The molecule has 2 nitrogen and oxygen atoms in total. The number of aromatic nitrogens is 1. The number of nitrogens with two attached hydrogens (primary N) is 1. The largest absolute Gasteiger partial charge is 0.319 e. The Morgan fingerprint density at radius 2 is 1.90 bits per heavy atom. The predicted octanol–water partition coefficient (Wildman–Crippen LogP) is 4.21. The average Bonchev–Trinajstić information content (AvgIpc) is 2.93. The number of thiazole rings is 1. The minimum Gasteiger partial charge on any atom is -0.319 e. The molecular formula is C15H16F2N2S. The second kappa shape index (κ2) is 5.22. The number of halogens is 2. The van der Waals surface area contributed by atoms with Gasteiger partial charge in [-0.25, -0.2) is 13.8 Å². The van der Waals surface area contributed by atoms with Crippen LogP contribution < -0.4 is 5.73 Å². The molecule has 1 heterocycles. The highest BCUT2D eigenvalue weighted by Crippen LogP contribution is 2.38. The summed E-state index contributed by atoms with van der Waals surface area (Å²) in [5.41, 5.74) is 6.69. The summed E-state index contributed by atoms with van der Waals surface area (Å²) in [5, 5.41) is 2.59. The van der Waals surface area contributed by atoms with Crippen molar-refractivity contribution >= 4 is 11.3 Å². The zero-order valence-electron chi connectivity index (χ0n) is 11.0. The van der Waals surface area contributed by atoms with E-state index in [0.717, 1.165) is 42.8 Å². The molecule has 0 aliphatic heterocycles. The Kier molecular flexibility index (Phi) is 3.56. The van der Waals surface area contributed by atoms with Crippen molar-refractivity contribution in [3.8, 4) is 11.3 Å². The van der Waals surface area contributed by atoms with Crippen molar-refractivity contribution in [1.82, 2.24) is 4.98 Å². The van der Waals surface area contributed by atoms with E-state index in [1.807, 2.05) is 0 Å². The van der Waals surface area contributed by atoms with Crippen LogP contribution in [0.1, 0.15) is 37.1 Å². The normalized spacial score (nSPS) is 18.1. The van der Waals surface area contributed by atoms with Gasteiger partial charge in [-0.15, -0.1) is 11.3 Å². The molecule has 106 valence electrons. The van der Waals surface area contributed by atoms with E-state index in [-0.39, 0.29) is 5.56 Å². The maximum Gasteiger partial charge on any atom is 0.132 e. The van der Waals surface area contributed by atoms with E-state index in [1.165, 1.54) is 23.8 Å². The summed E-state index contributed by atoms with van der Waals surface area (Å²) in [6, 6.07) is 3.42. The highest BCUT2D eigenvalue weighted by atomic mass is 32.1. The SMILES string of the molecule is NC1(c2nc(-c3cc(F)ccc3F)cs2)CCCCC1. The number of nitrogens with zero attached hydrogens (tertiary/aromatic N) is 1. The Morgan fingerprint density at radius 1 is 1.15 bits per heavy atom. The number of hydrogen-bond donors (Lipinski definition) is 1. The van der Waals surface area contributed by atoms with Gasteiger partial charge in [-0.3, -0.25) is 0 Å². The first-order valence-corrected chi connectivity index (χ1v) is 7.67. The first kappa shape index (κ1) is 13.6. The molecule has 1 aromatic heterocycles. The summed E-state index contributed by atoms with van der Waals surface area (Å²) in [6.07, 6.45) is 5.21. The summed E-state index contributed by atoms with van der Waals surface area (Å²) < 4.78 is 27.0. The fourth-order valence-corrected chi connectivity index (χ4v) is 3.71. The average molecular weight is 294 g/mol. The molecule has 3 rings (SSSR count). The fraction of sp³-hybridized carbons (Fsp3) is 0.400. The Labute approximate surface area is 120 Å². The van der Waals surface area contributed by atoms with Crippen molar-refractivity contribution in [1.29, 1.82) is 0 Å². The molecule has 0 spiro atoms. The van der Waals surface area contributed by atoms with E-state index in [4.69, 9.17) is 5.73 Å². The Balaban J connectivity index is 1.95. The third-order valence-corrected chi connectivity index (χ3v) is 4.94. The van der Waals surface area contributed by atoms with Crippen LogP contribution in [0, 0.1) is 11.6 Å². The van der Waals surface area contributed by atoms with Crippen LogP contribution in [0.15, 0.2) is 23.6 Å². The quantitative estimate of drug-likeness (QED) is 0.901. The zero-order valence-corrected chi connectivity index (χ0v) is 11.9. The summed E-state index contributed by atoms with van der Waals surface area (Å²) in [6.45, 7) is 0. The molecule has 0 unspecified atom stereocenters. The molecule has 0 atom stereocenters. The predicted molar refractivity (Wildman–Crippen MR) is 76.4 cm³/mol. The third-order valence-electron chi connectivity index (χ3n) is 3.88. The van der Waals surface area contributed by atoms with Crippen LogP contribution in [0.5, 0.6) is 0 Å². The van der Waals surface area contributed by atoms with E-state index in [0.29, 0.717) is 5.69 Å². The Bertz CT molecular complexity index is 618. The van der Waals surface area contributed by atoms with Gasteiger partial charge in [0.1, 0.15) is 16.6 Å². The smallest absolute Gasteiger partial charge is 0.132 e. The number of rotatable bonds is 2. The van der Waals surface area contributed by atoms with Crippen LogP contribution in [-0.2, 0) is 5.54 Å². The van der Waals surface area contributed by atoms with E-state index < -0.39 is 17.2 Å². The molecule has 5 heteroatoms. The van der Waals surface area contributed by atoms with Gasteiger partial charge in [0, 0.05) is 10.9 Å². The molecule has 1 aromatic carbocycles. The lowest BCUT2D eigenvalue weighted by Gasteiger charge is -2.31. The lowest BCUT2D eigenvalue weighted by atomic mass is 9.83. The molecule has 2 aromatic rings. The van der Waals surface area contributed by atoms with Crippen molar-refractivity contribution in [2.75, 3.05) is 0 Å². The lowest BCUT2D eigenvalue weighted by Crippen LogP contribution is -2.38. The van der Waals surface area contributed by atoms with Gasteiger partial charge in [0.05, 0.1) is 11.2 Å². The van der Waals surface area contributed by atoms with E-state index in [2.05, 4.69) is 4.98 Å². The zero-order chi connectivity index (χ0) is 14.2. The van der Waals surface area contributed by atoms with Gasteiger partial charge >= 0.3 is 0 Å². The van der Waals surface area contributed by atoms with Gasteiger partial charge in [-0.2, -0.15) is 0 Å². The summed E-state index contributed by atoms with van der Waals surface area (Å²) >= 11 is 1.44. The monoisotopic (exact) mass is 294 g/mol.